The normalized spacial score (nSPS) is 23.0. The molecule has 2 N–H and O–H groups in total. The lowest BCUT2D eigenvalue weighted by Crippen LogP contribution is -2.50. The third kappa shape index (κ3) is 2.74. The first kappa shape index (κ1) is 19.0. The summed E-state index contributed by atoms with van der Waals surface area (Å²) in [7, 11) is -4.10. The van der Waals surface area contributed by atoms with E-state index in [1.54, 1.807) is 30.3 Å². The molecule has 0 saturated carbocycles. The maximum absolute atomic E-state index is 13.3. The molecule has 1 heterocycles. The fraction of sp³-hybridized carbons (Fsp3) is 0.286. The van der Waals surface area contributed by atoms with Gasteiger partial charge in [-0.15, -0.1) is 0 Å². The van der Waals surface area contributed by atoms with Gasteiger partial charge in [-0.1, -0.05) is 35.9 Å². The summed E-state index contributed by atoms with van der Waals surface area (Å²) in [5.74, 6) is -1.91. The van der Waals surface area contributed by atoms with Crippen molar-refractivity contribution in [3.05, 3.63) is 70.9 Å². The topological polar surface area (TPSA) is 83.5 Å². The van der Waals surface area contributed by atoms with Crippen molar-refractivity contribution in [2.24, 2.45) is 5.92 Å². The first-order chi connectivity index (χ1) is 13.2. The van der Waals surface area contributed by atoms with Crippen LogP contribution in [0.4, 0.5) is 5.69 Å². The number of carboxylic acids is 1. The van der Waals surface area contributed by atoms with Crippen molar-refractivity contribution in [1.29, 1.82) is 0 Å². The summed E-state index contributed by atoms with van der Waals surface area (Å²) >= 11 is 6.12. The maximum atomic E-state index is 13.3. The van der Waals surface area contributed by atoms with Crippen molar-refractivity contribution < 1.29 is 18.3 Å². The molecule has 4 rings (SSSR count). The Labute approximate surface area is 169 Å². The highest BCUT2D eigenvalue weighted by Gasteiger charge is 2.54. The highest BCUT2D eigenvalue weighted by atomic mass is 35.5. The van der Waals surface area contributed by atoms with Crippen LogP contribution in [0.2, 0.25) is 5.02 Å². The van der Waals surface area contributed by atoms with Crippen LogP contribution in [0.15, 0.2) is 65.2 Å². The van der Waals surface area contributed by atoms with Crippen molar-refractivity contribution in [3.63, 3.8) is 0 Å². The van der Waals surface area contributed by atoms with Crippen molar-refractivity contribution >= 4 is 33.1 Å². The standard InChI is InChI=1S/C21H20ClNO4S/c1-21(20(24)25,28(26,27)15-5-3-2-4-6-15)13-7-9-16-17-12-14(22)8-10-18(17)23-19(16)11-13/h2-6,8,10-13,16,23H,7,9H2,1H3,(H,24,25)/t13?,16-,21?/m1/s1. The molecule has 0 spiro atoms. The summed E-state index contributed by atoms with van der Waals surface area (Å²) in [5.41, 5.74) is 2.86. The van der Waals surface area contributed by atoms with Crippen LogP contribution in [0.5, 0.6) is 0 Å². The van der Waals surface area contributed by atoms with Crippen LogP contribution < -0.4 is 5.32 Å². The number of benzene rings is 2. The number of hydrogen-bond donors (Lipinski definition) is 2. The van der Waals surface area contributed by atoms with E-state index in [2.05, 4.69) is 5.32 Å². The van der Waals surface area contributed by atoms with E-state index in [4.69, 9.17) is 11.6 Å². The zero-order valence-electron chi connectivity index (χ0n) is 15.2. The van der Waals surface area contributed by atoms with Gasteiger partial charge in [-0.05, 0) is 55.7 Å². The minimum atomic E-state index is -4.10. The van der Waals surface area contributed by atoms with Gasteiger partial charge in [-0.2, -0.15) is 0 Å². The largest absolute Gasteiger partial charge is 0.480 e. The SMILES string of the molecule is CC(C(=O)O)(C1C=C2Nc3ccc(Cl)cc3[C@H]2CC1)S(=O)(=O)c1ccccc1. The number of fused-ring (bicyclic) bond motifs is 3. The predicted molar refractivity (Wildman–Crippen MR) is 108 cm³/mol. The lowest BCUT2D eigenvalue weighted by atomic mass is 9.78. The van der Waals surface area contributed by atoms with Crippen LogP contribution in [0.3, 0.4) is 0 Å². The van der Waals surface area contributed by atoms with E-state index in [0.717, 1.165) is 16.9 Å². The zero-order chi connectivity index (χ0) is 20.1. The number of allylic oxidation sites excluding steroid dienone is 2. The van der Waals surface area contributed by atoms with Gasteiger partial charge in [0.2, 0.25) is 0 Å². The Bertz CT molecular complexity index is 1080. The second-order valence-electron chi connectivity index (χ2n) is 7.44. The number of carbonyl (C=O) groups is 1. The van der Waals surface area contributed by atoms with Crippen LogP contribution in [0.25, 0.3) is 0 Å². The molecule has 1 aliphatic heterocycles. The van der Waals surface area contributed by atoms with Gasteiger partial charge in [0.25, 0.3) is 0 Å². The number of anilines is 1. The molecule has 0 aromatic heterocycles. The van der Waals surface area contributed by atoms with Crippen molar-refractivity contribution in [2.45, 2.75) is 35.3 Å². The molecule has 0 fully saturated rings. The molecule has 1 aliphatic carbocycles. The number of aliphatic carboxylic acids is 1. The average Bonchev–Trinajstić information content (AvgIpc) is 3.04. The van der Waals surface area contributed by atoms with Gasteiger partial charge in [0.15, 0.2) is 14.6 Å². The van der Waals surface area contributed by atoms with E-state index < -0.39 is 26.5 Å². The first-order valence-electron chi connectivity index (χ1n) is 9.06. The van der Waals surface area contributed by atoms with E-state index in [1.165, 1.54) is 19.1 Å². The number of hydrogen-bond acceptors (Lipinski definition) is 4. The Morgan fingerprint density at radius 3 is 2.57 bits per heavy atom. The Hall–Kier alpha value is -2.31. The third-order valence-corrected chi connectivity index (χ3v) is 8.66. The Kier molecular flexibility index (Phi) is 4.51. The maximum Gasteiger partial charge on any atom is 0.325 e. The summed E-state index contributed by atoms with van der Waals surface area (Å²) in [4.78, 5) is 12.3. The highest BCUT2D eigenvalue weighted by Crippen LogP contribution is 2.49. The van der Waals surface area contributed by atoms with Gasteiger partial charge in [0.1, 0.15) is 0 Å². The molecule has 2 aromatic rings. The van der Waals surface area contributed by atoms with Gasteiger partial charge >= 0.3 is 5.97 Å². The smallest absolute Gasteiger partial charge is 0.325 e. The van der Waals surface area contributed by atoms with Crippen LogP contribution >= 0.6 is 11.6 Å². The zero-order valence-corrected chi connectivity index (χ0v) is 16.8. The van der Waals surface area contributed by atoms with E-state index in [9.17, 15) is 18.3 Å². The Morgan fingerprint density at radius 1 is 1.18 bits per heavy atom. The van der Waals surface area contributed by atoms with Crippen LogP contribution in [0.1, 0.15) is 31.2 Å². The lowest BCUT2D eigenvalue weighted by molar-refractivity contribution is -0.140. The minimum Gasteiger partial charge on any atom is -0.480 e. The molecular weight excluding hydrogens is 398 g/mol. The Morgan fingerprint density at radius 2 is 1.89 bits per heavy atom. The number of nitrogens with one attached hydrogen (secondary N) is 1. The molecular formula is C21H20ClNO4S. The highest BCUT2D eigenvalue weighted by molar-refractivity contribution is 7.93. The van der Waals surface area contributed by atoms with Gasteiger partial charge < -0.3 is 10.4 Å². The van der Waals surface area contributed by atoms with E-state index in [1.807, 2.05) is 12.1 Å². The summed E-state index contributed by atoms with van der Waals surface area (Å²) in [6.07, 6.45) is 2.90. The van der Waals surface area contributed by atoms with Crippen molar-refractivity contribution in [3.8, 4) is 0 Å². The summed E-state index contributed by atoms with van der Waals surface area (Å²) < 4.78 is 24.6. The molecule has 0 radical (unpaired) electrons. The van der Waals surface area contributed by atoms with E-state index in [0.29, 0.717) is 17.9 Å². The number of halogens is 1. The second-order valence-corrected chi connectivity index (χ2v) is 10.2. The molecule has 2 aliphatic rings. The molecule has 2 unspecified atom stereocenters. The first-order valence-corrected chi connectivity index (χ1v) is 10.9. The van der Waals surface area contributed by atoms with Gasteiger partial charge in [0, 0.05) is 28.2 Å². The summed E-state index contributed by atoms with van der Waals surface area (Å²) in [5, 5.41) is 13.9. The van der Waals surface area contributed by atoms with Crippen LogP contribution in [-0.2, 0) is 14.6 Å². The second kappa shape index (κ2) is 6.64. The molecule has 5 nitrogen and oxygen atoms in total. The minimum absolute atomic E-state index is 0.0230. The molecule has 28 heavy (non-hydrogen) atoms. The molecule has 3 atom stereocenters. The summed E-state index contributed by atoms with van der Waals surface area (Å²) in [6, 6.07) is 13.4. The molecule has 2 aromatic carbocycles. The number of carboxylic acid groups (broad SMARTS) is 1. The molecule has 7 heteroatoms. The number of sulfone groups is 1. The predicted octanol–water partition coefficient (Wildman–Crippen LogP) is 4.46. The van der Waals surface area contributed by atoms with Gasteiger partial charge in [-0.25, -0.2) is 8.42 Å². The molecule has 0 bridgehead atoms. The fourth-order valence-corrected chi connectivity index (χ4v) is 6.21. The van der Waals surface area contributed by atoms with Gasteiger partial charge in [0.05, 0.1) is 4.90 Å². The quantitative estimate of drug-likeness (QED) is 0.767. The fourth-order valence-electron chi connectivity index (χ4n) is 4.21. The van der Waals surface area contributed by atoms with Crippen LogP contribution in [-0.4, -0.2) is 24.2 Å². The van der Waals surface area contributed by atoms with Crippen molar-refractivity contribution in [1.82, 2.24) is 0 Å². The van der Waals surface area contributed by atoms with Gasteiger partial charge in [-0.3, -0.25) is 4.79 Å². The summed E-state index contributed by atoms with van der Waals surface area (Å²) in [6.45, 7) is 1.32. The third-order valence-electron chi connectivity index (χ3n) is 5.93. The van der Waals surface area contributed by atoms with E-state index >= 15 is 0 Å². The average molecular weight is 418 g/mol. The monoisotopic (exact) mass is 417 g/mol. The molecule has 0 saturated heterocycles. The molecule has 0 amide bonds. The van der Waals surface area contributed by atoms with E-state index in [-0.39, 0.29) is 10.8 Å². The molecule has 146 valence electrons. The van der Waals surface area contributed by atoms with Crippen LogP contribution in [0, 0.1) is 5.92 Å². The lowest BCUT2D eigenvalue weighted by Gasteiger charge is -2.35. The Balaban J connectivity index is 1.76. The number of rotatable bonds is 4. The van der Waals surface area contributed by atoms with Crippen molar-refractivity contribution in [2.75, 3.05) is 5.32 Å².